The third-order valence-electron chi connectivity index (χ3n) is 2.56. The molecule has 2 unspecified atom stereocenters. The molecule has 0 nitrogen and oxygen atoms in total. The van der Waals surface area contributed by atoms with E-state index in [4.69, 9.17) is 0 Å². The summed E-state index contributed by atoms with van der Waals surface area (Å²) >= 11 is 0. The van der Waals surface area contributed by atoms with Crippen molar-refractivity contribution in [2.75, 3.05) is 0 Å². The van der Waals surface area contributed by atoms with E-state index in [0.717, 1.165) is 0 Å². The molecule has 70 valence electrons. The fourth-order valence-electron chi connectivity index (χ4n) is 1.32. The van der Waals surface area contributed by atoms with E-state index < -0.39 is 11.6 Å². The van der Waals surface area contributed by atoms with E-state index in [1.54, 1.807) is 6.08 Å². The van der Waals surface area contributed by atoms with Crippen molar-refractivity contribution in [3.63, 3.8) is 0 Å². The van der Waals surface area contributed by atoms with Crippen molar-refractivity contribution in [2.45, 2.75) is 32.9 Å². The Labute approximate surface area is 70.5 Å². The zero-order chi connectivity index (χ0) is 9.41. The summed E-state index contributed by atoms with van der Waals surface area (Å²) in [6.07, 6.45) is -0.275. The molecular formula is C9H13F3. The Kier molecular flexibility index (Phi) is 2.23. The second-order valence-electron chi connectivity index (χ2n) is 3.79. The molecule has 0 N–H and O–H groups in total. The van der Waals surface area contributed by atoms with Crippen molar-refractivity contribution < 1.29 is 13.2 Å². The van der Waals surface area contributed by atoms with Crippen LogP contribution in [0.25, 0.3) is 0 Å². The third-order valence-corrected chi connectivity index (χ3v) is 2.56. The van der Waals surface area contributed by atoms with Crippen LogP contribution in [0.1, 0.15) is 26.7 Å². The van der Waals surface area contributed by atoms with Crippen molar-refractivity contribution >= 4 is 0 Å². The Morgan fingerprint density at radius 1 is 1.42 bits per heavy atom. The Morgan fingerprint density at radius 2 is 2.00 bits per heavy atom. The van der Waals surface area contributed by atoms with Crippen LogP contribution in [0.5, 0.6) is 0 Å². The maximum atomic E-state index is 12.4. The van der Waals surface area contributed by atoms with E-state index in [9.17, 15) is 13.2 Å². The Bertz CT molecular complexity index is 192. The highest BCUT2D eigenvalue weighted by Crippen LogP contribution is 2.45. The average molecular weight is 178 g/mol. The number of hydrogen-bond donors (Lipinski definition) is 0. The van der Waals surface area contributed by atoms with Gasteiger partial charge in [-0.1, -0.05) is 19.1 Å². The van der Waals surface area contributed by atoms with E-state index in [2.05, 4.69) is 0 Å². The van der Waals surface area contributed by atoms with Crippen molar-refractivity contribution in [1.29, 1.82) is 0 Å². The van der Waals surface area contributed by atoms with Crippen LogP contribution in [0.4, 0.5) is 13.2 Å². The van der Waals surface area contributed by atoms with Crippen LogP contribution in [-0.2, 0) is 0 Å². The number of hydrogen-bond acceptors (Lipinski definition) is 0. The van der Waals surface area contributed by atoms with Gasteiger partial charge in [0.25, 0.3) is 0 Å². The molecule has 1 aliphatic carbocycles. The highest BCUT2D eigenvalue weighted by molar-refractivity contribution is 5.07. The van der Waals surface area contributed by atoms with Gasteiger partial charge in [0.2, 0.25) is 0 Å². The molecule has 3 heteroatoms. The predicted octanol–water partition coefficient (Wildman–Crippen LogP) is 3.54. The maximum Gasteiger partial charge on any atom is 0.397 e. The van der Waals surface area contributed by atoms with Crippen LogP contribution in [0.15, 0.2) is 12.2 Å². The van der Waals surface area contributed by atoms with Crippen molar-refractivity contribution in [1.82, 2.24) is 0 Å². The predicted molar refractivity (Wildman–Crippen MR) is 41.7 cm³/mol. The number of rotatable bonds is 0. The molecule has 1 rings (SSSR count). The topological polar surface area (TPSA) is 0 Å². The number of allylic oxidation sites excluding steroid dienone is 2. The summed E-state index contributed by atoms with van der Waals surface area (Å²) in [7, 11) is 0. The van der Waals surface area contributed by atoms with Gasteiger partial charge in [0.15, 0.2) is 0 Å². The second kappa shape index (κ2) is 2.79. The van der Waals surface area contributed by atoms with Crippen molar-refractivity contribution in [2.24, 2.45) is 11.3 Å². The highest BCUT2D eigenvalue weighted by atomic mass is 19.4. The van der Waals surface area contributed by atoms with Crippen LogP contribution in [-0.4, -0.2) is 6.18 Å². The molecule has 0 heterocycles. The van der Waals surface area contributed by atoms with E-state index in [0.29, 0.717) is 12.3 Å². The summed E-state index contributed by atoms with van der Waals surface area (Å²) in [5.41, 5.74) is -1.58. The van der Waals surface area contributed by atoms with Crippen LogP contribution in [0.3, 0.4) is 0 Å². The van der Waals surface area contributed by atoms with E-state index in [-0.39, 0.29) is 6.42 Å². The van der Waals surface area contributed by atoms with Crippen LogP contribution in [0, 0.1) is 11.3 Å². The normalized spacial score (nSPS) is 36.9. The van der Waals surface area contributed by atoms with Gasteiger partial charge in [0, 0.05) is 0 Å². The largest absolute Gasteiger partial charge is 0.397 e. The second-order valence-corrected chi connectivity index (χ2v) is 3.79. The Hall–Kier alpha value is -0.470. The van der Waals surface area contributed by atoms with Gasteiger partial charge in [-0.05, 0) is 25.7 Å². The van der Waals surface area contributed by atoms with Gasteiger partial charge in [0.05, 0.1) is 5.41 Å². The quantitative estimate of drug-likeness (QED) is 0.498. The smallest absolute Gasteiger partial charge is 0.170 e. The van der Waals surface area contributed by atoms with Gasteiger partial charge < -0.3 is 0 Å². The van der Waals surface area contributed by atoms with Gasteiger partial charge in [-0.2, -0.15) is 13.2 Å². The van der Waals surface area contributed by atoms with E-state index in [1.165, 1.54) is 13.0 Å². The molecule has 0 aromatic rings. The first-order valence-electron chi connectivity index (χ1n) is 4.11. The van der Waals surface area contributed by atoms with Crippen LogP contribution < -0.4 is 0 Å². The first kappa shape index (κ1) is 9.62. The Balaban J connectivity index is 2.81. The first-order chi connectivity index (χ1) is 5.35. The lowest BCUT2D eigenvalue weighted by Crippen LogP contribution is -2.35. The zero-order valence-corrected chi connectivity index (χ0v) is 7.28. The molecule has 2 atom stereocenters. The molecule has 0 aromatic carbocycles. The molecule has 0 fully saturated rings. The zero-order valence-electron chi connectivity index (χ0n) is 7.28. The minimum absolute atomic E-state index is 0.216. The standard InChI is InChI=1S/C9H13F3/c1-7-3-5-8(2,6-4-7)9(10,11)12/h3,5,7H,4,6H2,1-2H3. The summed E-state index contributed by atoms with van der Waals surface area (Å²) in [5, 5.41) is 0. The summed E-state index contributed by atoms with van der Waals surface area (Å²) in [6.45, 7) is 3.20. The average Bonchev–Trinajstić information content (AvgIpc) is 1.93. The molecule has 1 aliphatic rings. The lowest BCUT2D eigenvalue weighted by molar-refractivity contribution is -0.204. The fourth-order valence-corrected chi connectivity index (χ4v) is 1.32. The van der Waals surface area contributed by atoms with Gasteiger partial charge in [0.1, 0.15) is 0 Å². The van der Waals surface area contributed by atoms with Gasteiger partial charge >= 0.3 is 6.18 Å². The van der Waals surface area contributed by atoms with Gasteiger partial charge in [-0.3, -0.25) is 0 Å². The van der Waals surface area contributed by atoms with E-state index in [1.807, 2.05) is 6.92 Å². The minimum Gasteiger partial charge on any atom is -0.170 e. The fraction of sp³-hybridized carbons (Fsp3) is 0.778. The SMILES string of the molecule is CC1C=CC(C)(C(F)(F)F)CC1. The third kappa shape index (κ3) is 1.65. The molecule has 0 aromatic heterocycles. The maximum absolute atomic E-state index is 12.4. The molecule has 0 aliphatic heterocycles. The number of alkyl halides is 3. The highest BCUT2D eigenvalue weighted by Gasteiger charge is 2.49. The molecule has 0 radical (unpaired) electrons. The van der Waals surface area contributed by atoms with E-state index >= 15 is 0 Å². The number of halogens is 3. The van der Waals surface area contributed by atoms with Crippen molar-refractivity contribution in [3.8, 4) is 0 Å². The molecular weight excluding hydrogens is 165 g/mol. The molecule has 0 saturated carbocycles. The monoisotopic (exact) mass is 178 g/mol. The Morgan fingerprint density at radius 3 is 2.33 bits per heavy atom. The lowest BCUT2D eigenvalue weighted by atomic mass is 9.77. The summed E-state index contributed by atoms with van der Waals surface area (Å²) in [6, 6.07) is 0. The molecule has 0 amide bonds. The molecule has 0 spiro atoms. The summed E-state index contributed by atoms with van der Waals surface area (Å²) in [5.74, 6) is 0.292. The summed E-state index contributed by atoms with van der Waals surface area (Å²) < 4.78 is 37.2. The molecule has 0 bridgehead atoms. The summed E-state index contributed by atoms with van der Waals surface area (Å²) in [4.78, 5) is 0. The molecule has 0 saturated heterocycles. The van der Waals surface area contributed by atoms with Crippen LogP contribution >= 0.6 is 0 Å². The first-order valence-corrected chi connectivity index (χ1v) is 4.11. The van der Waals surface area contributed by atoms with Gasteiger partial charge in [-0.25, -0.2) is 0 Å². The van der Waals surface area contributed by atoms with Crippen LogP contribution in [0.2, 0.25) is 0 Å². The van der Waals surface area contributed by atoms with Crippen molar-refractivity contribution in [3.05, 3.63) is 12.2 Å². The molecule has 12 heavy (non-hydrogen) atoms. The minimum atomic E-state index is -4.09. The lowest BCUT2D eigenvalue weighted by Gasteiger charge is -2.33. The van der Waals surface area contributed by atoms with Gasteiger partial charge in [-0.15, -0.1) is 0 Å².